The van der Waals surface area contributed by atoms with Gasteiger partial charge in [-0.1, -0.05) is 24.6 Å². The number of hydrogen-bond donors (Lipinski definition) is 2. The predicted molar refractivity (Wildman–Crippen MR) is 99.4 cm³/mol. The van der Waals surface area contributed by atoms with Crippen LogP contribution in [0.2, 0.25) is 0 Å². The van der Waals surface area contributed by atoms with Gasteiger partial charge in [0.2, 0.25) is 5.91 Å². The van der Waals surface area contributed by atoms with E-state index in [1.165, 1.54) is 5.56 Å². The van der Waals surface area contributed by atoms with Crippen LogP contribution < -0.4 is 5.32 Å². The Hall–Kier alpha value is -1.39. The van der Waals surface area contributed by atoms with Crippen LogP contribution in [-0.2, 0) is 4.79 Å². The van der Waals surface area contributed by atoms with Crippen molar-refractivity contribution >= 4 is 11.6 Å². The number of carbonyl (C=O) groups is 1. The van der Waals surface area contributed by atoms with E-state index in [2.05, 4.69) is 36.2 Å². The van der Waals surface area contributed by atoms with Gasteiger partial charge in [0.05, 0.1) is 0 Å². The summed E-state index contributed by atoms with van der Waals surface area (Å²) in [6.07, 6.45) is 3.62. The Balaban J connectivity index is 1.80. The minimum Gasteiger partial charge on any atom is -0.396 e. The number of piperidine rings is 1. The summed E-state index contributed by atoms with van der Waals surface area (Å²) in [4.78, 5) is 14.6. The smallest absolute Gasteiger partial charge is 0.224 e. The fourth-order valence-electron chi connectivity index (χ4n) is 3.79. The summed E-state index contributed by atoms with van der Waals surface area (Å²) >= 11 is 0. The van der Waals surface area contributed by atoms with E-state index in [1.807, 2.05) is 13.8 Å². The van der Waals surface area contributed by atoms with Gasteiger partial charge in [-0.2, -0.15) is 0 Å². The zero-order valence-electron chi connectivity index (χ0n) is 15.6. The highest BCUT2D eigenvalue weighted by molar-refractivity contribution is 5.92. The molecule has 134 valence electrons. The van der Waals surface area contributed by atoms with Crippen LogP contribution in [0.1, 0.15) is 49.3 Å². The van der Waals surface area contributed by atoms with E-state index >= 15 is 0 Å². The van der Waals surface area contributed by atoms with Gasteiger partial charge in [-0.25, -0.2) is 0 Å². The van der Waals surface area contributed by atoms with Crippen LogP contribution in [0.25, 0.3) is 0 Å². The summed E-state index contributed by atoms with van der Waals surface area (Å²) in [5.41, 5.74) is 4.44. The largest absolute Gasteiger partial charge is 0.396 e. The second kappa shape index (κ2) is 8.13. The molecule has 1 atom stereocenters. The average molecular weight is 332 g/mol. The lowest BCUT2D eigenvalue weighted by molar-refractivity contribution is -0.116. The molecule has 4 nitrogen and oxygen atoms in total. The molecule has 2 rings (SSSR count). The first kappa shape index (κ1) is 18.9. The monoisotopic (exact) mass is 332 g/mol. The summed E-state index contributed by atoms with van der Waals surface area (Å²) in [7, 11) is 0. The van der Waals surface area contributed by atoms with Crippen molar-refractivity contribution < 1.29 is 9.90 Å². The highest BCUT2D eigenvalue weighted by Crippen LogP contribution is 2.28. The van der Waals surface area contributed by atoms with Crippen LogP contribution in [0.3, 0.4) is 0 Å². The fraction of sp³-hybridized carbons (Fsp3) is 0.650. The number of aryl methyl sites for hydroxylation is 3. The predicted octanol–water partition coefficient (Wildman–Crippen LogP) is 3.42. The Kier molecular flexibility index (Phi) is 6.41. The van der Waals surface area contributed by atoms with Crippen molar-refractivity contribution in [3.05, 3.63) is 28.8 Å². The molecule has 1 fully saturated rings. The molecule has 2 N–H and O–H groups in total. The average Bonchev–Trinajstić information content (AvgIpc) is 2.51. The highest BCUT2D eigenvalue weighted by atomic mass is 16.3. The second-order valence-corrected chi connectivity index (χ2v) is 7.77. The molecule has 1 amide bonds. The van der Waals surface area contributed by atoms with Gasteiger partial charge in [0.15, 0.2) is 0 Å². The number of amides is 1. The quantitative estimate of drug-likeness (QED) is 0.839. The number of nitrogens with one attached hydrogen (secondary N) is 1. The van der Waals surface area contributed by atoms with Crippen LogP contribution in [0.5, 0.6) is 0 Å². The zero-order chi connectivity index (χ0) is 17.7. The van der Waals surface area contributed by atoms with Gasteiger partial charge in [0, 0.05) is 30.7 Å². The molecule has 4 heteroatoms. The molecular formula is C20H32N2O2. The number of likely N-dealkylation sites (tertiary alicyclic amines) is 1. The fourth-order valence-corrected chi connectivity index (χ4v) is 3.79. The number of hydrogen-bond acceptors (Lipinski definition) is 3. The Labute approximate surface area is 146 Å². The summed E-state index contributed by atoms with van der Waals surface area (Å²) in [5.74, 6) is 0.0898. The molecule has 0 radical (unpaired) electrons. The minimum absolute atomic E-state index is 0.0244. The molecular weight excluding hydrogens is 300 g/mol. The van der Waals surface area contributed by atoms with E-state index in [0.29, 0.717) is 6.42 Å². The van der Waals surface area contributed by atoms with Crippen molar-refractivity contribution in [3.8, 4) is 0 Å². The number of aliphatic hydroxyl groups excluding tert-OH is 1. The molecule has 1 heterocycles. The summed E-state index contributed by atoms with van der Waals surface area (Å²) in [6, 6.07) is 4.21. The number of carbonyl (C=O) groups excluding carboxylic acids is 1. The van der Waals surface area contributed by atoms with Crippen molar-refractivity contribution in [2.45, 2.75) is 53.4 Å². The van der Waals surface area contributed by atoms with Gasteiger partial charge in [0.1, 0.15) is 0 Å². The van der Waals surface area contributed by atoms with Gasteiger partial charge < -0.3 is 15.3 Å². The molecule has 0 saturated carbocycles. The molecule has 1 aromatic carbocycles. The van der Waals surface area contributed by atoms with Gasteiger partial charge in [0.25, 0.3) is 0 Å². The maximum atomic E-state index is 12.3. The van der Waals surface area contributed by atoms with Gasteiger partial charge >= 0.3 is 0 Å². The number of benzene rings is 1. The SMILES string of the molecule is Cc1cc(C)c(NC(=O)CCCN2CCCC(C)(CO)C2)c(C)c1. The maximum Gasteiger partial charge on any atom is 0.224 e. The first-order valence-corrected chi connectivity index (χ1v) is 9.04. The topological polar surface area (TPSA) is 52.6 Å². The van der Waals surface area contributed by atoms with Gasteiger partial charge in [-0.3, -0.25) is 4.79 Å². The third-order valence-corrected chi connectivity index (χ3v) is 5.06. The lowest BCUT2D eigenvalue weighted by atomic mass is 9.83. The Bertz CT molecular complexity index is 562. The molecule has 1 aliphatic heterocycles. The molecule has 1 aromatic rings. The van der Waals surface area contributed by atoms with Crippen LogP contribution in [0.15, 0.2) is 12.1 Å². The van der Waals surface area contributed by atoms with E-state index in [9.17, 15) is 9.90 Å². The normalized spacial score (nSPS) is 21.7. The van der Waals surface area contributed by atoms with Crippen LogP contribution in [0, 0.1) is 26.2 Å². The third kappa shape index (κ3) is 5.05. The summed E-state index contributed by atoms with van der Waals surface area (Å²) < 4.78 is 0. The molecule has 0 bridgehead atoms. The Morgan fingerprint density at radius 1 is 1.29 bits per heavy atom. The van der Waals surface area contributed by atoms with Crippen molar-refractivity contribution in [2.24, 2.45) is 5.41 Å². The third-order valence-electron chi connectivity index (χ3n) is 5.06. The molecule has 1 saturated heterocycles. The molecule has 1 aliphatic rings. The molecule has 24 heavy (non-hydrogen) atoms. The van der Waals surface area contributed by atoms with Crippen molar-refractivity contribution in [2.75, 3.05) is 31.6 Å². The lowest BCUT2D eigenvalue weighted by Gasteiger charge is -2.39. The van der Waals surface area contributed by atoms with Gasteiger partial charge in [-0.05, 0) is 64.3 Å². The first-order valence-electron chi connectivity index (χ1n) is 9.04. The number of rotatable bonds is 6. The molecule has 1 unspecified atom stereocenters. The van der Waals surface area contributed by atoms with Crippen LogP contribution in [-0.4, -0.2) is 42.2 Å². The highest BCUT2D eigenvalue weighted by Gasteiger charge is 2.29. The standard InChI is InChI=1S/C20H32N2O2/c1-15-11-16(2)19(17(3)12-15)21-18(24)7-5-9-22-10-6-8-20(4,13-22)14-23/h11-12,23H,5-10,13-14H2,1-4H3,(H,21,24). The van der Waals surface area contributed by atoms with Crippen molar-refractivity contribution in [3.63, 3.8) is 0 Å². The molecule has 0 spiro atoms. The van der Waals surface area contributed by atoms with Crippen molar-refractivity contribution in [1.29, 1.82) is 0 Å². The van der Waals surface area contributed by atoms with E-state index in [-0.39, 0.29) is 17.9 Å². The Morgan fingerprint density at radius 2 is 1.96 bits per heavy atom. The second-order valence-electron chi connectivity index (χ2n) is 7.77. The van der Waals surface area contributed by atoms with Crippen LogP contribution >= 0.6 is 0 Å². The van der Waals surface area contributed by atoms with E-state index in [4.69, 9.17) is 0 Å². The Morgan fingerprint density at radius 3 is 2.58 bits per heavy atom. The molecule has 0 aliphatic carbocycles. The first-order chi connectivity index (χ1) is 11.3. The van der Waals surface area contributed by atoms with Crippen LogP contribution in [0.4, 0.5) is 5.69 Å². The van der Waals surface area contributed by atoms with E-state index in [0.717, 1.165) is 55.7 Å². The summed E-state index contributed by atoms with van der Waals surface area (Å²) in [6.45, 7) is 11.5. The van der Waals surface area contributed by atoms with Gasteiger partial charge in [-0.15, -0.1) is 0 Å². The van der Waals surface area contributed by atoms with E-state index in [1.54, 1.807) is 0 Å². The summed E-state index contributed by atoms with van der Waals surface area (Å²) in [5, 5.41) is 12.6. The maximum absolute atomic E-state index is 12.3. The minimum atomic E-state index is 0.0244. The number of aliphatic hydroxyl groups is 1. The lowest BCUT2D eigenvalue weighted by Crippen LogP contribution is -2.44. The number of anilines is 1. The van der Waals surface area contributed by atoms with E-state index < -0.39 is 0 Å². The number of nitrogens with zero attached hydrogens (tertiary/aromatic N) is 1. The van der Waals surface area contributed by atoms with Crippen molar-refractivity contribution in [1.82, 2.24) is 4.90 Å². The molecule has 0 aromatic heterocycles. The zero-order valence-corrected chi connectivity index (χ0v) is 15.6.